The van der Waals surface area contributed by atoms with Gasteiger partial charge in [-0.05, 0) is 38.1 Å². The second kappa shape index (κ2) is 15.4. The lowest BCUT2D eigenvalue weighted by Crippen LogP contribution is -2.57. The molecule has 0 aromatic rings. The number of carboxylic acid groups (broad SMARTS) is 2. The van der Waals surface area contributed by atoms with Crippen molar-refractivity contribution in [1.29, 1.82) is 0 Å². The molecule has 0 radical (unpaired) electrons. The summed E-state index contributed by atoms with van der Waals surface area (Å²) in [6.45, 7) is 4.01. The monoisotopic (exact) mass is 477 g/mol. The maximum atomic E-state index is 12.7. The summed E-state index contributed by atoms with van der Waals surface area (Å²) in [6.07, 6.45) is 0.877. The standard InChI is InChI=1S/C19H35N5O7S/c1-10(2)7-13(19(30)31)23-17(28)12(5-3-4-6-20)22-18(29)14(9-32)24-16(27)11(21)8-15(25)26/h10-14,32H,3-9,20-21H2,1-2H3,(H,22,29)(H,23,28)(H,24,27)(H,25,26)(H,30,31). The second-order valence-electron chi connectivity index (χ2n) is 7.82. The van der Waals surface area contributed by atoms with Crippen LogP contribution in [0, 0.1) is 5.92 Å². The molecule has 3 amide bonds. The van der Waals surface area contributed by atoms with Gasteiger partial charge in [-0.25, -0.2) is 4.79 Å². The van der Waals surface area contributed by atoms with Crippen molar-refractivity contribution in [3.8, 4) is 0 Å². The number of carbonyl (C=O) groups excluding carboxylic acids is 3. The number of nitrogens with two attached hydrogens (primary N) is 2. The average Bonchev–Trinajstić information content (AvgIpc) is 2.69. The minimum Gasteiger partial charge on any atom is -0.481 e. The summed E-state index contributed by atoms with van der Waals surface area (Å²) in [5.41, 5.74) is 11.0. The molecule has 4 atom stereocenters. The first-order valence-corrected chi connectivity index (χ1v) is 11.0. The molecule has 0 aliphatic carbocycles. The molecule has 0 rings (SSSR count). The van der Waals surface area contributed by atoms with E-state index in [0.717, 1.165) is 0 Å². The summed E-state index contributed by atoms with van der Waals surface area (Å²) in [4.78, 5) is 59.6. The Morgan fingerprint density at radius 2 is 1.41 bits per heavy atom. The minimum absolute atomic E-state index is 0.0143. The predicted molar refractivity (Wildman–Crippen MR) is 120 cm³/mol. The Morgan fingerprint density at radius 3 is 1.88 bits per heavy atom. The molecule has 0 fully saturated rings. The van der Waals surface area contributed by atoms with E-state index in [9.17, 15) is 29.1 Å². The average molecular weight is 478 g/mol. The summed E-state index contributed by atoms with van der Waals surface area (Å²) in [6, 6.07) is -4.72. The molecule has 13 heteroatoms. The van der Waals surface area contributed by atoms with Crippen molar-refractivity contribution in [1.82, 2.24) is 16.0 Å². The van der Waals surface area contributed by atoms with E-state index in [2.05, 4.69) is 28.6 Å². The van der Waals surface area contributed by atoms with E-state index in [1.807, 2.05) is 13.8 Å². The maximum absolute atomic E-state index is 12.7. The Bertz CT molecular complexity index is 662. The molecule has 0 bridgehead atoms. The molecular formula is C19H35N5O7S. The van der Waals surface area contributed by atoms with Crippen LogP contribution in [0.15, 0.2) is 0 Å². The molecule has 4 unspecified atom stereocenters. The molecule has 184 valence electrons. The highest BCUT2D eigenvalue weighted by Crippen LogP contribution is 2.08. The highest BCUT2D eigenvalue weighted by molar-refractivity contribution is 7.80. The number of nitrogens with one attached hydrogen (secondary N) is 3. The number of rotatable bonds is 16. The number of unbranched alkanes of at least 4 members (excludes halogenated alkanes) is 1. The molecule has 0 saturated carbocycles. The number of aliphatic carboxylic acids is 2. The SMILES string of the molecule is CC(C)CC(NC(=O)C(CCCCN)NC(=O)C(CS)NC(=O)C(N)CC(=O)O)C(=O)O. The van der Waals surface area contributed by atoms with E-state index >= 15 is 0 Å². The van der Waals surface area contributed by atoms with Gasteiger partial charge in [-0.2, -0.15) is 12.6 Å². The molecule has 0 aromatic heterocycles. The Kier molecular flexibility index (Phi) is 14.3. The first-order valence-electron chi connectivity index (χ1n) is 10.3. The first-order chi connectivity index (χ1) is 14.9. The molecule has 0 aromatic carbocycles. The number of hydrogen-bond acceptors (Lipinski definition) is 8. The number of carbonyl (C=O) groups is 5. The lowest BCUT2D eigenvalue weighted by Gasteiger charge is -2.25. The third-order valence-electron chi connectivity index (χ3n) is 4.45. The van der Waals surface area contributed by atoms with Gasteiger partial charge in [0.05, 0.1) is 12.5 Å². The van der Waals surface area contributed by atoms with Crippen molar-refractivity contribution >= 4 is 42.3 Å². The highest BCUT2D eigenvalue weighted by atomic mass is 32.1. The molecular weight excluding hydrogens is 442 g/mol. The quantitative estimate of drug-likeness (QED) is 0.0950. The molecule has 0 saturated heterocycles. The Labute approximate surface area is 192 Å². The summed E-state index contributed by atoms with van der Waals surface area (Å²) in [5.74, 6) is -4.85. The van der Waals surface area contributed by atoms with Gasteiger partial charge in [0.1, 0.15) is 18.1 Å². The van der Waals surface area contributed by atoms with Gasteiger partial charge in [-0.1, -0.05) is 13.8 Å². The summed E-state index contributed by atoms with van der Waals surface area (Å²) in [5, 5.41) is 25.3. The lowest BCUT2D eigenvalue weighted by atomic mass is 10.0. The Morgan fingerprint density at radius 1 is 0.875 bits per heavy atom. The van der Waals surface area contributed by atoms with Crippen LogP contribution in [0.5, 0.6) is 0 Å². The van der Waals surface area contributed by atoms with Crippen LogP contribution in [0.3, 0.4) is 0 Å². The van der Waals surface area contributed by atoms with Crippen molar-refractivity contribution < 1.29 is 34.2 Å². The molecule has 32 heavy (non-hydrogen) atoms. The molecule has 0 aliphatic rings. The highest BCUT2D eigenvalue weighted by Gasteiger charge is 2.30. The van der Waals surface area contributed by atoms with Crippen LogP contribution in [0.4, 0.5) is 0 Å². The fraction of sp³-hybridized carbons (Fsp3) is 0.737. The molecule has 9 N–H and O–H groups in total. The van der Waals surface area contributed by atoms with Gasteiger partial charge < -0.3 is 37.6 Å². The van der Waals surface area contributed by atoms with Gasteiger partial charge in [-0.15, -0.1) is 0 Å². The Balaban J connectivity index is 5.28. The van der Waals surface area contributed by atoms with E-state index in [1.54, 1.807) is 0 Å². The molecule has 0 heterocycles. The van der Waals surface area contributed by atoms with Crippen molar-refractivity contribution in [2.75, 3.05) is 12.3 Å². The zero-order chi connectivity index (χ0) is 24.8. The number of thiol groups is 1. The summed E-state index contributed by atoms with van der Waals surface area (Å²) >= 11 is 4.02. The van der Waals surface area contributed by atoms with Gasteiger partial charge in [0.15, 0.2) is 0 Å². The fourth-order valence-electron chi connectivity index (χ4n) is 2.75. The van der Waals surface area contributed by atoms with Crippen LogP contribution >= 0.6 is 12.6 Å². The fourth-order valence-corrected chi connectivity index (χ4v) is 3.01. The van der Waals surface area contributed by atoms with Crippen LogP contribution < -0.4 is 27.4 Å². The van der Waals surface area contributed by atoms with Crippen LogP contribution in [-0.2, 0) is 24.0 Å². The van der Waals surface area contributed by atoms with Crippen molar-refractivity contribution in [2.45, 2.75) is 70.1 Å². The molecule has 0 spiro atoms. The van der Waals surface area contributed by atoms with E-state index < -0.39 is 60.2 Å². The van der Waals surface area contributed by atoms with Crippen LogP contribution in [-0.4, -0.2) is 76.3 Å². The van der Waals surface area contributed by atoms with Gasteiger partial charge in [0, 0.05) is 5.75 Å². The Hall–Kier alpha value is -2.38. The van der Waals surface area contributed by atoms with E-state index in [0.29, 0.717) is 19.4 Å². The smallest absolute Gasteiger partial charge is 0.326 e. The van der Waals surface area contributed by atoms with Crippen LogP contribution in [0.1, 0.15) is 46.0 Å². The van der Waals surface area contributed by atoms with E-state index in [-0.39, 0.29) is 24.5 Å². The minimum atomic E-state index is -1.36. The van der Waals surface area contributed by atoms with Gasteiger partial charge in [0.2, 0.25) is 17.7 Å². The predicted octanol–water partition coefficient (Wildman–Crippen LogP) is -1.57. The number of hydrogen-bond donors (Lipinski definition) is 8. The third kappa shape index (κ3) is 11.9. The van der Waals surface area contributed by atoms with Crippen LogP contribution in [0.2, 0.25) is 0 Å². The third-order valence-corrected chi connectivity index (χ3v) is 4.81. The molecule has 0 aliphatic heterocycles. The van der Waals surface area contributed by atoms with Gasteiger partial charge >= 0.3 is 11.9 Å². The van der Waals surface area contributed by atoms with Gasteiger partial charge in [0.25, 0.3) is 0 Å². The number of carboxylic acids is 2. The molecule has 12 nitrogen and oxygen atoms in total. The largest absolute Gasteiger partial charge is 0.481 e. The number of amides is 3. The first kappa shape index (κ1) is 29.6. The van der Waals surface area contributed by atoms with Crippen molar-refractivity contribution in [3.63, 3.8) is 0 Å². The zero-order valence-electron chi connectivity index (χ0n) is 18.4. The second-order valence-corrected chi connectivity index (χ2v) is 8.19. The van der Waals surface area contributed by atoms with Crippen molar-refractivity contribution in [3.05, 3.63) is 0 Å². The van der Waals surface area contributed by atoms with Crippen LogP contribution in [0.25, 0.3) is 0 Å². The topological polar surface area (TPSA) is 214 Å². The summed E-state index contributed by atoms with van der Waals surface area (Å²) < 4.78 is 0. The van der Waals surface area contributed by atoms with E-state index in [4.69, 9.17) is 16.6 Å². The van der Waals surface area contributed by atoms with E-state index in [1.165, 1.54) is 0 Å². The summed E-state index contributed by atoms with van der Waals surface area (Å²) in [7, 11) is 0. The zero-order valence-corrected chi connectivity index (χ0v) is 19.3. The van der Waals surface area contributed by atoms with Crippen molar-refractivity contribution in [2.24, 2.45) is 17.4 Å². The van der Waals surface area contributed by atoms with Gasteiger partial charge in [-0.3, -0.25) is 19.2 Å². The normalized spacial score (nSPS) is 14.7. The lowest BCUT2D eigenvalue weighted by molar-refractivity contribution is -0.142. The maximum Gasteiger partial charge on any atom is 0.326 e.